The van der Waals surface area contributed by atoms with E-state index in [1.807, 2.05) is 29.8 Å². The Balaban J connectivity index is 1.75. The van der Waals surface area contributed by atoms with Crippen molar-refractivity contribution in [2.45, 2.75) is 0 Å². The lowest BCUT2D eigenvalue weighted by Crippen LogP contribution is -2.37. The molecule has 9 nitrogen and oxygen atoms in total. The molecule has 0 spiro atoms. The molecule has 1 fully saturated rings. The molecule has 1 aliphatic heterocycles. The molecular formula is C18H18N8O. The number of aromatic nitrogens is 7. The summed E-state index contributed by atoms with van der Waals surface area (Å²) < 4.78 is 7.49. The Morgan fingerprint density at radius 1 is 1.04 bits per heavy atom. The maximum atomic E-state index is 5.50. The van der Waals surface area contributed by atoms with Crippen LogP contribution < -0.4 is 4.90 Å². The van der Waals surface area contributed by atoms with Crippen LogP contribution in [0.1, 0.15) is 0 Å². The van der Waals surface area contributed by atoms with Crippen molar-refractivity contribution in [2.24, 2.45) is 7.05 Å². The van der Waals surface area contributed by atoms with Crippen LogP contribution in [0.5, 0.6) is 0 Å². The summed E-state index contributed by atoms with van der Waals surface area (Å²) in [7, 11) is 1.97. The van der Waals surface area contributed by atoms with Crippen LogP contribution in [0, 0.1) is 0 Å². The number of fused-ring (bicyclic) bond motifs is 1. The summed E-state index contributed by atoms with van der Waals surface area (Å²) in [6.45, 7) is 2.89. The minimum atomic E-state index is 0.578. The maximum Gasteiger partial charge on any atom is 0.184 e. The lowest BCUT2D eigenvalue weighted by Gasteiger charge is -2.28. The molecule has 136 valence electrons. The summed E-state index contributed by atoms with van der Waals surface area (Å²) in [4.78, 5) is 20.7. The second-order valence-corrected chi connectivity index (χ2v) is 6.33. The molecule has 0 amide bonds. The summed E-state index contributed by atoms with van der Waals surface area (Å²) in [5, 5.41) is 7.07. The highest BCUT2D eigenvalue weighted by molar-refractivity contribution is 5.88. The second-order valence-electron chi connectivity index (χ2n) is 6.33. The van der Waals surface area contributed by atoms with Gasteiger partial charge in [-0.25, -0.2) is 15.0 Å². The molecule has 0 saturated carbocycles. The zero-order valence-corrected chi connectivity index (χ0v) is 14.8. The lowest BCUT2D eigenvalue weighted by molar-refractivity contribution is 0.122. The zero-order valence-electron chi connectivity index (χ0n) is 14.8. The van der Waals surface area contributed by atoms with Crippen LogP contribution in [0.25, 0.3) is 34.1 Å². The first-order chi connectivity index (χ1) is 13.3. The summed E-state index contributed by atoms with van der Waals surface area (Å²) in [6, 6.07) is 5.75. The van der Waals surface area contributed by atoms with E-state index in [1.165, 1.54) is 0 Å². The fourth-order valence-corrected chi connectivity index (χ4v) is 3.30. The monoisotopic (exact) mass is 362 g/mol. The molecular weight excluding hydrogens is 344 g/mol. The van der Waals surface area contributed by atoms with Crippen molar-refractivity contribution in [2.75, 3.05) is 31.2 Å². The first kappa shape index (κ1) is 15.9. The number of imidazole rings is 1. The van der Waals surface area contributed by atoms with Gasteiger partial charge in [-0.15, -0.1) is 0 Å². The van der Waals surface area contributed by atoms with Crippen LogP contribution in [-0.4, -0.2) is 61.0 Å². The number of nitrogens with one attached hydrogen (secondary N) is 1. The molecule has 0 aliphatic carbocycles. The van der Waals surface area contributed by atoms with Gasteiger partial charge in [-0.1, -0.05) is 0 Å². The van der Waals surface area contributed by atoms with E-state index in [1.54, 1.807) is 18.6 Å². The number of aromatic amines is 1. The Hall–Kier alpha value is -3.33. The number of H-pyrrole nitrogens is 1. The minimum Gasteiger partial charge on any atom is -0.378 e. The standard InChI is InChI=1S/C18H18N8O/c1-25-16(12-2-5-19-6-3-12)21-14-17(25)22-15(13-4-7-20-24-13)23-18(14)26-8-10-27-11-9-26/h2-7H,8-11H2,1H3,(H,20,24). The minimum absolute atomic E-state index is 0.578. The van der Waals surface area contributed by atoms with Crippen molar-refractivity contribution in [3.8, 4) is 22.9 Å². The third-order valence-corrected chi connectivity index (χ3v) is 4.68. The SMILES string of the molecule is Cn1c(-c2ccncc2)nc2c(N3CCOCC3)nc(-c3cc[nH]n3)nc21. The van der Waals surface area contributed by atoms with Gasteiger partial charge < -0.3 is 14.2 Å². The first-order valence-corrected chi connectivity index (χ1v) is 8.79. The molecule has 0 radical (unpaired) electrons. The number of aryl methyl sites for hydroxylation is 1. The van der Waals surface area contributed by atoms with E-state index in [0.29, 0.717) is 24.7 Å². The Labute approximate surface area is 155 Å². The van der Waals surface area contributed by atoms with Gasteiger partial charge in [-0.3, -0.25) is 10.1 Å². The Morgan fingerprint density at radius 2 is 1.85 bits per heavy atom. The molecule has 0 bridgehead atoms. The Kier molecular flexibility index (Phi) is 3.79. The molecule has 4 aromatic heterocycles. The molecule has 4 aromatic rings. The number of nitrogens with zero attached hydrogens (tertiary/aromatic N) is 7. The summed E-state index contributed by atoms with van der Waals surface area (Å²) >= 11 is 0. The van der Waals surface area contributed by atoms with E-state index < -0.39 is 0 Å². The Morgan fingerprint density at radius 3 is 2.59 bits per heavy atom. The van der Waals surface area contributed by atoms with E-state index in [4.69, 9.17) is 19.7 Å². The predicted molar refractivity (Wildman–Crippen MR) is 100 cm³/mol. The average Bonchev–Trinajstić information content (AvgIpc) is 3.37. The molecule has 27 heavy (non-hydrogen) atoms. The molecule has 0 atom stereocenters. The topological polar surface area (TPSA) is 97.6 Å². The van der Waals surface area contributed by atoms with E-state index in [2.05, 4.69) is 20.1 Å². The van der Waals surface area contributed by atoms with E-state index >= 15 is 0 Å². The average molecular weight is 362 g/mol. The van der Waals surface area contributed by atoms with Gasteiger partial charge in [0.05, 0.1) is 13.2 Å². The molecule has 1 N–H and O–H groups in total. The molecule has 9 heteroatoms. The molecule has 0 aromatic carbocycles. The van der Waals surface area contributed by atoms with E-state index in [9.17, 15) is 0 Å². The molecule has 1 saturated heterocycles. The smallest absolute Gasteiger partial charge is 0.184 e. The fourth-order valence-electron chi connectivity index (χ4n) is 3.30. The van der Waals surface area contributed by atoms with Gasteiger partial charge in [0.15, 0.2) is 22.8 Å². The molecule has 0 unspecified atom stereocenters. The van der Waals surface area contributed by atoms with Crippen LogP contribution in [0.4, 0.5) is 5.82 Å². The number of pyridine rings is 1. The molecule has 5 heterocycles. The second kappa shape index (κ2) is 6.44. The summed E-state index contributed by atoms with van der Waals surface area (Å²) in [5.41, 5.74) is 3.25. The van der Waals surface area contributed by atoms with Gasteiger partial charge in [0, 0.05) is 44.3 Å². The van der Waals surface area contributed by atoms with E-state index in [-0.39, 0.29) is 0 Å². The van der Waals surface area contributed by atoms with Gasteiger partial charge in [-0.05, 0) is 18.2 Å². The number of hydrogen-bond donors (Lipinski definition) is 1. The Bertz CT molecular complexity index is 1070. The number of ether oxygens (including phenoxy) is 1. The zero-order chi connectivity index (χ0) is 18.2. The number of anilines is 1. The van der Waals surface area contributed by atoms with Gasteiger partial charge >= 0.3 is 0 Å². The van der Waals surface area contributed by atoms with Crippen LogP contribution in [-0.2, 0) is 11.8 Å². The maximum absolute atomic E-state index is 5.50. The predicted octanol–water partition coefficient (Wildman–Crippen LogP) is 1.65. The molecule has 1 aliphatic rings. The van der Waals surface area contributed by atoms with Crippen LogP contribution >= 0.6 is 0 Å². The molecule has 5 rings (SSSR count). The summed E-state index contributed by atoms with van der Waals surface area (Å²) in [6.07, 6.45) is 5.29. The third kappa shape index (κ3) is 2.72. The lowest BCUT2D eigenvalue weighted by atomic mass is 10.2. The van der Waals surface area contributed by atoms with Crippen molar-refractivity contribution in [3.63, 3.8) is 0 Å². The first-order valence-electron chi connectivity index (χ1n) is 8.79. The highest BCUT2D eigenvalue weighted by atomic mass is 16.5. The highest BCUT2D eigenvalue weighted by Gasteiger charge is 2.23. The van der Waals surface area contributed by atoms with Gasteiger partial charge in [0.2, 0.25) is 0 Å². The quantitative estimate of drug-likeness (QED) is 0.592. The van der Waals surface area contributed by atoms with Crippen LogP contribution in [0.3, 0.4) is 0 Å². The van der Waals surface area contributed by atoms with Gasteiger partial charge in [0.1, 0.15) is 11.5 Å². The number of rotatable bonds is 3. The van der Waals surface area contributed by atoms with Crippen molar-refractivity contribution < 1.29 is 4.74 Å². The highest BCUT2D eigenvalue weighted by Crippen LogP contribution is 2.30. The van der Waals surface area contributed by atoms with Crippen molar-refractivity contribution in [1.29, 1.82) is 0 Å². The van der Waals surface area contributed by atoms with Crippen molar-refractivity contribution >= 4 is 17.0 Å². The van der Waals surface area contributed by atoms with Gasteiger partial charge in [0.25, 0.3) is 0 Å². The summed E-state index contributed by atoms with van der Waals surface area (Å²) in [5.74, 6) is 2.22. The third-order valence-electron chi connectivity index (χ3n) is 4.68. The van der Waals surface area contributed by atoms with E-state index in [0.717, 1.165) is 41.5 Å². The normalized spacial score (nSPS) is 14.8. The number of morpholine rings is 1. The van der Waals surface area contributed by atoms with Gasteiger partial charge in [-0.2, -0.15) is 5.10 Å². The van der Waals surface area contributed by atoms with Crippen LogP contribution in [0.2, 0.25) is 0 Å². The van der Waals surface area contributed by atoms with Crippen molar-refractivity contribution in [3.05, 3.63) is 36.8 Å². The fraction of sp³-hybridized carbons (Fsp3) is 0.278. The van der Waals surface area contributed by atoms with Crippen molar-refractivity contribution in [1.82, 2.24) is 34.7 Å². The van der Waals surface area contributed by atoms with Crippen LogP contribution in [0.15, 0.2) is 36.8 Å². The largest absolute Gasteiger partial charge is 0.378 e. The number of hydrogen-bond acceptors (Lipinski definition) is 7.